The van der Waals surface area contributed by atoms with Gasteiger partial charge < -0.3 is 10.1 Å². The Morgan fingerprint density at radius 1 is 1.11 bits per heavy atom. The van der Waals surface area contributed by atoms with Crippen LogP contribution in [0.25, 0.3) is 0 Å². The quantitative estimate of drug-likeness (QED) is 0.564. The number of rotatable bonds is 8. The van der Waals surface area contributed by atoms with Gasteiger partial charge in [-0.05, 0) is 26.1 Å². The highest BCUT2D eigenvalue weighted by Crippen LogP contribution is 2.12. The van der Waals surface area contributed by atoms with Crippen LogP contribution in [-0.2, 0) is 19.0 Å². The van der Waals surface area contributed by atoms with E-state index in [4.69, 9.17) is 8.92 Å². The molecule has 0 amide bonds. The summed E-state index contributed by atoms with van der Waals surface area (Å²) in [5.74, 6) is 0. The van der Waals surface area contributed by atoms with Crippen LogP contribution < -0.4 is 5.32 Å². The van der Waals surface area contributed by atoms with Crippen LogP contribution in [0.5, 0.6) is 0 Å². The molecule has 0 unspecified atom stereocenters. The van der Waals surface area contributed by atoms with Crippen molar-refractivity contribution in [3.63, 3.8) is 0 Å². The average molecular weight is 273 g/mol. The van der Waals surface area contributed by atoms with Crippen molar-refractivity contribution in [1.29, 1.82) is 0 Å². The Labute approximate surface area is 108 Å². The van der Waals surface area contributed by atoms with Gasteiger partial charge in [-0.1, -0.05) is 17.7 Å². The second kappa shape index (κ2) is 7.48. The monoisotopic (exact) mass is 273 g/mol. The lowest BCUT2D eigenvalue weighted by atomic mass is 10.2. The Morgan fingerprint density at radius 2 is 1.78 bits per heavy atom. The van der Waals surface area contributed by atoms with Crippen LogP contribution in [0.3, 0.4) is 0 Å². The molecule has 1 aromatic rings. The molecule has 0 radical (unpaired) electrons. The molecule has 102 valence electrons. The fraction of sp³-hybridized carbons (Fsp3) is 0.500. The van der Waals surface area contributed by atoms with Gasteiger partial charge in [-0.2, -0.15) is 8.42 Å². The molecule has 0 atom stereocenters. The Hall–Kier alpha value is -0.950. The number of benzene rings is 1. The number of likely N-dealkylation sites (N-methyl/N-ethyl adjacent to an activating group) is 1. The summed E-state index contributed by atoms with van der Waals surface area (Å²) in [6.45, 7) is 3.44. The van der Waals surface area contributed by atoms with Crippen molar-refractivity contribution in [2.75, 3.05) is 33.4 Å². The summed E-state index contributed by atoms with van der Waals surface area (Å²) in [6.07, 6.45) is 0. The molecule has 6 heteroatoms. The molecular formula is C12H19NO4S. The topological polar surface area (TPSA) is 64.6 Å². The molecular weight excluding hydrogens is 254 g/mol. The molecule has 18 heavy (non-hydrogen) atoms. The van der Waals surface area contributed by atoms with Crippen LogP contribution in [-0.4, -0.2) is 41.8 Å². The van der Waals surface area contributed by atoms with Crippen LogP contribution in [0.4, 0.5) is 0 Å². The Balaban J connectivity index is 2.38. The summed E-state index contributed by atoms with van der Waals surface area (Å²) in [7, 11) is -1.84. The molecule has 0 heterocycles. The van der Waals surface area contributed by atoms with Crippen LogP contribution in [0.2, 0.25) is 0 Å². The highest BCUT2D eigenvalue weighted by Gasteiger charge is 2.14. The number of ether oxygens (including phenoxy) is 1. The van der Waals surface area contributed by atoms with Crippen molar-refractivity contribution in [3.8, 4) is 0 Å². The summed E-state index contributed by atoms with van der Waals surface area (Å²) in [4.78, 5) is 0.170. The molecule has 0 saturated carbocycles. The van der Waals surface area contributed by atoms with Gasteiger partial charge in [0.25, 0.3) is 10.1 Å². The third-order valence-corrected chi connectivity index (χ3v) is 3.60. The van der Waals surface area contributed by atoms with E-state index in [2.05, 4.69) is 5.32 Å². The van der Waals surface area contributed by atoms with Gasteiger partial charge >= 0.3 is 0 Å². The molecule has 0 aliphatic rings. The summed E-state index contributed by atoms with van der Waals surface area (Å²) < 4.78 is 33.5. The first-order valence-electron chi connectivity index (χ1n) is 5.75. The summed E-state index contributed by atoms with van der Waals surface area (Å²) in [6, 6.07) is 6.54. The number of aryl methyl sites for hydroxylation is 1. The van der Waals surface area contributed by atoms with Gasteiger partial charge in [0.1, 0.15) is 0 Å². The zero-order valence-corrected chi connectivity index (χ0v) is 11.5. The van der Waals surface area contributed by atoms with E-state index in [9.17, 15) is 8.42 Å². The van der Waals surface area contributed by atoms with E-state index in [0.717, 1.165) is 12.1 Å². The first-order chi connectivity index (χ1) is 8.56. The molecule has 0 saturated heterocycles. The third kappa shape index (κ3) is 5.14. The number of hydrogen-bond acceptors (Lipinski definition) is 5. The van der Waals surface area contributed by atoms with Crippen molar-refractivity contribution < 1.29 is 17.3 Å². The summed E-state index contributed by atoms with van der Waals surface area (Å²) in [5.41, 5.74) is 1.00. The fourth-order valence-corrected chi connectivity index (χ4v) is 2.14. The van der Waals surface area contributed by atoms with Gasteiger partial charge in [0.05, 0.1) is 24.7 Å². The summed E-state index contributed by atoms with van der Waals surface area (Å²) in [5, 5.41) is 2.92. The zero-order valence-electron chi connectivity index (χ0n) is 10.7. The molecule has 1 N–H and O–H groups in total. The standard InChI is InChI=1S/C12H19NO4S/c1-11-3-5-12(6-4-11)18(14,15)17-10-9-16-8-7-13-2/h3-6,13H,7-10H2,1-2H3. The maximum absolute atomic E-state index is 11.7. The van der Waals surface area contributed by atoms with E-state index in [1.807, 2.05) is 14.0 Å². The zero-order chi connectivity index (χ0) is 13.4. The van der Waals surface area contributed by atoms with E-state index in [-0.39, 0.29) is 18.1 Å². The van der Waals surface area contributed by atoms with E-state index >= 15 is 0 Å². The first kappa shape index (κ1) is 15.1. The minimum absolute atomic E-state index is 0.0277. The van der Waals surface area contributed by atoms with Crippen molar-refractivity contribution in [1.82, 2.24) is 5.32 Å². The molecule has 0 aliphatic heterocycles. The number of nitrogens with one attached hydrogen (secondary N) is 1. The normalized spacial score (nSPS) is 11.7. The molecule has 1 rings (SSSR count). The fourth-order valence-electron chi connectivity index (χ4n) is 1.25. The van der Waals surface area contributed by atoms with E-state index in [1.54, 1.807) is 12.1 Å². The minimum Gasteiger partial charge on any atom is -0.378 e. The maximum atomic E-state index is 11.7. The molecule has 0 aliphatic carbocycles. The molecule has 0 bridgehead atoms. The van der Waals surface area contributed by atoms with E-state index < -0.39 is 10.1 Å². The smallest absolute Gasteiger partial charge is 0.297 e. The van der Waals surface area contributed by atoms with Gasteiger partial charge in [0.2, 0.25) is 0 Å². The average Bonchev–Trinajstić information content (AvgIpc) is 2.34. The number of hydrogen-bond donors (Lipinski definition) is 1. The Morgan fingerprint density at radius 3 is 2.39 bits per heavy atom. The first-order valence-corrected chi connectivity index (χ1v) is 7.15. The highest BCUT2D eigenvalue weighted by molar-refractivity contribution is 7.86. The lowest BCUT2D eigenvalue weighted by molar-refractivity contribution is 0.105. The van der Waals surface area contributed by atoms with Gasteiger partial charge in [-0.15, -0.1) is 0 Å². The molecule has 5 nitrogen and oxygen atoms in total. The largest absolute Gasteiger partial charge is 0.378 e. The Bertz CT molecular complexity index is 442. The van der Waals surface area contributed by atoms with E-state index in [1.165, 1.54) is 12.1 Å². The predicted molar refractivity (Wildman–Crippen MR) is 69.1 cm³/mol. The SMILES string of the molecule is CNCCOCCOS(=O)(=O)c1ccc(C)cc1. The second-order valence-corrected chi connectivity index (χ2v) is 5.42. The molecule has 0 fully saturated rings. The highest BCUT2D eigenvalue weighted by atomic mass is 32.2. The van der Waals surface area contributed by atoms with Gasteiger partial charge in [-0.3, -0.25) is 4.18 Å². The van der Waals surface area contributed by atoms with Crippen LogP contribution in [0.15, 0.2) is 29.2 Å². The second-order valence-electron chi connectivity index (χ2n) is 3.81. The van der Waals surface area contributed by atoms with Gasteiger partial charge in [0, 0.05) is 6.54 Å². The molecule has 1 aromatic carbocycles. The van der Waals surface area contributed by atoms with Gasteiger partial charge in [0.15, 0.2) is 0 Å². The van der Waals surface area contributed by atoms with Crippen LogP contribution in [0, 0.1) is 6.92 Å². The Kier molecular flexibility index (Phi) is 6.28. The van der Waals surface area contributed by atoms with Crippen LogP contribution >= 0.6 is 0 Å². The lowest BCUT2D eigenvalue weighted by Gasteiger charge is -2.06. The minimum atomic E-state index is -3.67. The van der Waals surface area contributed by atoms with Crippen molar-refractivity contribution >= 4 is 10.1 Å². The van der Waals surface area contributed by atoms with Gasteiger partial charge in [-0.25, -0.2) is 0 Å². The van der Waals surface area contributed by atoms with E-state index in [0.29, 0.717) is 6.61 Å². The maximum Gasteiger partial charge on any atom is 0.297 e. The van der Waals surface area contributed by atoms with Crippen molar-refractivity contribution in [2.24, 2.45) is 0 Å². The molecule has 0 aromatic heterocycles. The lowest BCUT2D eigenvalue weighted by Crippen LogP contribution is -2.17. The van der Waals surface area contributed by atoms with Crippen molar-refractivity contribution in [2.45, 2.75) is 11.8 Å². The van der Waals surface area contributed by atoms with Crippen LogP contribution in [0.1, 0.15) is 5.56 Å². The summed E-state index contributed by atoms with van der Waals surface area (Å²) >= 11 is 0. The third-order valence-electron chi connectivity index (χ3n) is 2.27. The predicted octanol–water partition coefficient (Wildman–Crippen LogP) is 0.936. The van der Waals surface area contributed by atoms with Crippen molar-refractivity contribution in [3.05, 3.63) is 29.8 Å². The molecule has 0 spiro atoms.